The van der Waals surface area contributed by atoms with Gasteiger partial charge in [-0.25, -0.2) is 0 Å². The number of hydrogen-bond donors (Lipinski definition) is 5. The van der Waals surface area contributed by atoms with Gasteiger partial charge in [0.25, 0.3) is 0 Å². The molecule has 0 radical (unpaired) electrons. The predicted molar refractivity (Wildman–Crippen MR) is 91.1 cm³/mol. The minimum atomic E-state index is -1.04. The van der Waals surface area contributed by atoms with Crippen LogP contribution in [0.2, 0.25) is 0 Å². The molecular formula is C15H28N4O7. The fourth-order valence-electron chi connectivity index (χ4n) is 2.91. The first-order valence-electron chi connectivity index (χ1n) is 8.47. The molecule has 0 amide bonds. The van der Waals surface area contributed by atoms with Crippen molar-refractivity contribution in [2.24, 2.45) is 0 Å². The Kier molecular flexibility index (Phi) is 10.1. The molecule has 150 valence electrons. The summed E-state index contributed by atoms with van der Waals surface area (Å²) in [7, 11) is 0. The lowest BCUT2D eigenvalue weighted by Crippen LogP contribution is -2.53. The first-order chi connectivity index (χ1) is 12.3. The second-order valence-corrected chi connectivity index (χ2v) is 6.25. The quantitative estimate of drug-likeness (QED) is 0.311. The second-order valence-electron chi connectivity index (χ2n) is 6.25. The molecule has 1 aliphatic heterocycles. The van der Waals surface area contributed by atoms with Crippen LogP contribution in [-0.4, -0.2) is 131 Å². The monoisotopic (exact) mass is 376 g/mol. The molecule has 0 aromatic heterocycles. The highest BCUT2D eigenvalue weighted by molar-refractivity contribution is 5.70. The number of carbonyl (C=O) groups is 3. The van der Waals surface area contributed by atoms with Crippen LogP contribution in [0.25, 0.3) is 0 Å². The molecule has 0 saturated carbocycles. The van der Waals surface area contributed by atoms with E-state index in [1.165, 1.54) is 0 Å². The van der Waals surface area contributed by atoms with Gasteiger partial charge in [-0.05, 0) is 0 Å². The van der Waals surface area contributed by atoms with Gasteiger partial charge in [0.2, 0.25) is 0 Å². The van der Waals surface area contributed by atoms with Gasteiger partial charge in [0.15, 0.2) is 0 Å². The summed E-state index contributed by atoms with van der Waals surface area (Å²) in [4.78, 5) is 38.1. The largest absolute Gasteiger partial charge is 0.480 e. The van der Waals surface area contributed by atoms with E-state index in [9.17, 15) is 19.5 Å². The first kappa shape index (κ1) is 22.3. The summed E-state index contributed by atoms with van der Waals surface area (Å²) in [5.74, 6) is -3.01. The standard InChI is InChI=1S/C15H28N4O7/c20-11-12-7-18(9-14(23)24)6-5-17(8-13(21)22)3-1-16-2-4-19(12)10-15(25)26/h12,16,20H,1-11H2,(H,21,22)(H,23,24)(H,25,26). The van der Waals surface area contributed by atoms with Crippen molar-refractivity contribution in [3.63, 3.8) is 0 Å². The summed E-state index contributed by atoms with van der Waals surface area (Å²) in [5.41, 5.74) is 0. The summed E-state index contributed by atoms with van der Waals surface area (Å²) in [6.45, 7) is 1.73. The van der Waals surface area contributed by atoms with Crippen molar-refractivity contribution in [1.29, 1.82) is 0 Å². The molecule has 11 nitrogen and oxygen atoms in total. The Morgan fingerprint density at radius 2 is 1.35 bits per heavy atom. The lowest BCUT2D eigenvalue weighted by atomic mass is 10.2. The van der Waals surface area contributed by atoms with E-state index in [1.807, 2.05) is 0 Å². The van der Waals surface area contributed by atoms with E-state index in [1.54, 1.807) is 14.7 Å². The number of nitrogens with one attached hydrogen (secondary N) is 1. The molecule has 1 unspecified atom stereocenters. The van der Waals surface area contributed by atoms with E-state index < -0.39 is 23.9 Å². The van der Waals surface area contributed by atoms with Gasteiger partial charge >= 0.3 is 17.9 Å². The zero-order valence-corrected chi connectivity index (χ0v) is 14.7. The molecule has 1 heterocycles. The number of carboxylic acid groups (broad SMARTS) is 3. The highest BCUT2D eigenvalue weighted by Gasteiger charge is 2.24. The molecule has 0 aromatic rings. The van der Waals surface area contributed by atoms with E-state index in [4.69, 9.17) is 15.3 Å². The van der Waals surface area contributed by atoms with Crippen LogP contribution in [-0.2, 0) is 14.4 Å². The molecule has 26 heavy (non-hydrogen) atoms. The topological polar surface area (TPSA) is 154 Å². The van der Waals surface area contributed by atoms with Gasteiger partial charge in [-0.15, -0.1) is 0 Å². The molecule has 0 aliphatic carbocycles. The minimum Gasteiger partial charge on any atom is -0.480 e. The van der Waals surface area contributed by atoms with E-state index in [-0.39, 0.29) is 32.8 Å². The number of aliphatic hydroxyl groups excluding tert-OH is 1. The van der Waals surface area contributed by atoms with Gasteiger partial charge in [0.05, 0.1) is 26.2 Å². The van der Waals surface area contributed by atoms with E-state index >= 15 is 0 Å². The number of rotatable bonds is 7. The van der Waals surface area contributed by atoms with Crippen LogP contribution in [0.5, 0.6) is 0 Å². The molecule has 5 N–H and O–H groups in total. The van der Waals surface area contributed by atoms with Gasteiger partial charge < -0.3 is 25.7 Å². The van der Waals surface area contributed by atoms with E-state index in [0.29, 0.717) is 39.3 Å². The van der Waals surface area contributed by atoms with Crippen LogP contribution in [0.3, 0.4) is 0 Å². The molecule has 1 atom stereocenters. The number of aliphatic carboxylic acids is 3. The Hall–Kier alpha value is -1.79. The van der Waals surface area contributed by atoms with Gasteiger partial charge in [-0.1, -0.05) is 0 Å². The van der Waals surface area contributed by atoms with Crippen molar-refractivity contribution in [2.45, 2.75) is 6.04 Å². The maximum atomic E-state index is 11.1. The fraction of sp³-hybridized carbons (Fsp3) is 0.800. The Morgan fingerprint density at radius 1 is 0.808 bits per heavy atom. The third kappa shape index (κ3) is 9.06. The fourth-order valence-corrected chi connectivity index (χ4v) is 2.91. The molecular weight excluding hydrogens is 348 g/mol. The maximum absolute atomic E-state index is 11.1. The smallest absolute Gasteiger partial charge is 0.317 e. The third-order valence-corrected chi connectivity index (χ3v) is 4.17. The molecule has 0 spiro atoms. The van der Waals surface area contributed by atoms with Crippen LogP contribution in [0.1, 0.15) is 0 Å². The van der Waals surface area contributed by atoms with Gasteiger partial charge in [0, 0.05) is 51.9 Å². The van der Waals surface area contributed by atoms with Crippen molar-refractivity contribution in [1.82, 2.24) is 20.0 Å². The Morgan fingerprint density at radius 3 is 1.92 bits per heavy atom. The summed E-state index contributed by atoms with van der Waals surface area (Å²) < 4.78 is 0. The zero-order chi connectivity index (χ0) is 19.5. The molecule has 11 heteroatoms. The summed E-state index contributed by atoms with van der Waals surface area (Å²) in [5, 5.41) is 40.0. The maximum Gasteiger partial charge on any atom is 0.317 e. The average molecular weight is 376 g/mol. The lowest BCUT2D eigenvalue weighted by molar-refractivity contribution is -0.141. The van der Waals surface area contributed by atoms with Crippen molar-refractivity contribution in [2.75, 3.05) is 72.1 Å². The minimum absolute atomic E-state index is 0.142. The van der Waals surface area contributed by atoms with Crippen molar-refractivity contribution in [3.8, 4) is 0 Å². The molecule has 0 bridgehead atoms. The third-order valence-electron chi connectivity index (χ3n) is 4.17. The Balaban J connectivity index is 2.88. The van der Waals surface area contributed by atoms with Crippen molar-refractivity contribution >= 4 is 17.9 Å². The number of aliphatic hydroxyl groups is 1. The van der Waals surface area contributed by atoms with Gasteiger partial charge in [-0.3, -0.25) is 29.1 Å². The lowest BCUT2D eigenvalue weighted by Gasteiger charge is -2.35. The Labute approximate surface area is 151 Å². The highest BCUT2D eigenvalue weighted by Crippen LogP contribution is 2.04. The van der Waals surface area contributed by atoms with Crippen LogP contribution in [0, 0.1) is 0 Å². The summed E-state index contributed by atoms with van der Waals surface area (Å²) in [6.07, 6.45) is 0. The Bertz CT molecular complexity index is 477. The van der Waals surface area contributed by atoms with Crippen LogP contribution < -0.4 is 5.32 Å². The second kappa shape index (κ2) is 11.8. The zero-order valence-electron chi connectivity index (χ0n) is 14.7. The van der Waals surface area contributed by atoms with Crippen LogP contribution in [0.15, 0.2) is 0 Å². The number of hydrogen-bond acceptors (Lipinski definition) is 8. The highest BCUT2D eigenvalue weighted by atomic mass is 16.4. The van der Waals surface area contributed by atoms with Gasteiger partial charge in [-0.2, -0.15) is 0 Å². The summed E-state index contributed by atoms with van der Waals surface area (Å²) in [6, 6.07) is -0.528. The molecule has 1 aliphatic rings. The van der Waals surface area contributed by atoms with E-state index in [0.717, 1.165) is 0 Å². The molecule has 1 saturated heterocycles. The first-order valence-corrected chi connectivity index (χ1v) is 8.47. The number of carboxylic acids is 3. The van der Waals surface area contributed by atoms with Crippen molar-refractivity contribution in [3.05, 3.63) is 0 Å². The molecule has 0 aromatic carbocycles. The normalized spacial score (nSPS) is 22.3. The average Bonchev–Trinajstić information content (AvgIpc) is 2.53. The SMILES string of the molecule is O=C(O)CN1CCNCCN(CC(=O)O)C(CO)CN(CC(=O)O)CC1. The number of nitrogens with zero attached hydrogens (tertiary/aromatic N) is 3. The van der Waals surface area contributed by atoms with Crippen molar-refractivity contribution < 1.29 is 34.8 Å². The predicted octanol–water partition coefficient (Wildman–Crippen LogP) is -2.89. The van der Waals surface area contributed by atoms with E-state index in [2.05, 4.69) is 5.32 Å². The summed E-state index contributed by atoms with van der Waals surface area (Å²) >= 11 is 0. The molecule has 1 fully saturated rings. The van der Waals surface area contributed by atoms with Crippen LogP contribution in [0.4, 0.5) is 0 Å². The van der Waals surface area contributed by atoms with Gasteiger partial charge in [0.1, 0.15) is 0 Å². The van der Waals surface area contributed by atoms with Crippen LogP contribution >= 0.6 is 0 Å². The molecule has 1 rings (SSSR count).